The Kier molecular flexibility index (Phi) is 7.04. The van der Waals surface area contributed by atoms with Gasteiger partial charge in [-0.1, -0.05) is 30.6 Å². The van der Waals surface area contributed by atoms with Gasteiger partial charge in [0.15, 0.2) is 0 Å². The van der Waals surface area contributed by atoms with E-state index in [-0.39, 0.29) is 12.0 Å². The highest BCUT2D eigenvalue weighted by molar-refractivity contribution is 5.94. The molecule has 0 saturated carbocycles. The standard InChI is InChI=1S/C25H30N4O3/c1-3-7-23(31-22-9-6-8-19(16-22)25-27-18(2)32-28-25)17-26-20-11-13-21(14-12-20)29-15-5-4-10-24(29)30/h6,8-9,11-14,16,23,26H,3-5,7,10,15,17H2,1-2H3. The summed E-state index contributed by atoms with van der Waals surface area (Å²) in [6.45, 7) is 5.41. The minimum Gasteiger partial charge on any atom is -0.489 e. The number of piperidine rings is 1. The summed E-state index contributed by atoms with van der Waals surface area (Å²) in [5.41, 5.74) is 2.85. The van der Waals surface area contributed by atoms with Crippen molar-refractivity contribution in [2.24, 2.45) is 0 Å². The Hall–Kier alpha value is -3.35. The summed E-state index contributed by atoms with van der Waals surface area (Å²) in [7, 11) is 0. The maximum atomic E-state index is 12.1. The van der Waals surface area contributed by atoms with Crippen LogP contribution in [0.4, 0.5) is 11.4 Å². The number of carbonyl (C=O) groups excluding carboxylic acids is 1. The molecule has 1 aromatic heterocycles. The van der Waals surface area contributed by atoms with E-state index in [4.69, 9.17) is 9.26 Å². The van der Waals surface area contributed by atoms with Gasteiger partial charge >= 0.3 is 0 Å². The van der Waals surface area contributed by atoms with E-state index in [1.54, 1.807) is 6.92 Å². The van der Waals surface area contributed by atoms with E-state index in [0.29, 0.717) is 24.7 Å². The Morgan fingerprint density at radius 3 is 2.75 bits per heavy atom. The molecule has 0 aliphatic carbocycles. The first kappa shape index (κ1) is 21.9. The maximum Gasteiger partial charge on any atom is 0.226 e. The maximum absolute atomic E-state index is 12.1. The lowest BCUT2D eigenvalue weighted by Gasteiger charge is -2.27. The first-order valence-corrected chi connectivity index (χ1v) is 11.3. The molecule has 1 saturated heterocycles. The lowest BCUT2D eigenvalue weighted by atomic mass is 10.1. The summed E-state index contributed by atoms with van der Waals surface area (Å²) >= 11 is 0. The normalized spacial score (nSPS) is 14.9. The average molecular weight is 435 g/mol. The van der Waals surface area contributed by atoms with Crippen molar-refractivity contribution in [3.63, 3.8) is 0 Å². The molecule has 7 heteroatoms. The molecule has 3 aromatic rings. The molecule has 7 nitrogen and oxygen atoms in total. The lowest BCUT2D eigenvalue weighted by molar-refractivity contribution is -0.119. The largest absolute Gasteiger partial charge is 0.489 e. The lowest BCUT2D eigenvalue weighted by Crippen LogP contribution is -2.35. The molecule has 4 rings (SSSR count). The van der Waals surface area contributed by atoms with E-state index in [2.05, 4.69) is 22.4 Å². The predicted octanol–water partition coefficient (Wildman–Crippen LogP) is 5.22. The van der Waals surface area contributed by atoms with Crippen LogP contribution in [-0.4, -0.2) is 35.2 Å². The molecule has 1 aliphatic rings. The summed E-state index contributed by atoms with van der Waals surface area (Å²) in [5, 5.41) is 7.46. The smallest absolute Gasteiger partial charge is 0.226 e. The summed E-state index contributed by atoms with van der Waals surface area (Å²) in [5.74, 6) is 2.09. The van der Waals surface area contributed by atoms with Crippen molar-refractivity contribution in [3.8, 4) is 17.1 Å². The zero-order valence-electron chi connectivity index (χ0n) is 18.7. The fourth-order valence-corrected chi connectivity index (χ4v) is 3.91. The first-order chi connectivity index (χ1) is 15.6. The molecule has 0 bridgehead atoms. The number of nitrogens with zero attached hydrogens (tertiary/aromatic N) is 3. The monoisotopic (exact) mass is 434 g/mol. The molecular formula is C25H30N4O3. The van der Waals surface area contributed by atoms with Gasteiger partial charge in [0.1, 0.15) is 11.9 Å². The van der Waals surface area contributed by atoms with Crippen molar-refractivity contribution < 1.29 is 14.1 Å². The predicted molar refractivity (Wildman–Crippen MR) is 125 cm³/mol. The highest BCUT2D eigenvalue weighted by atomic mass is 16.5. The third-order valence-electron chi connectivity index (χ3n) is 5.57. The van der Waals surface area contributed by atoms with Gasteiger partial charge < -0.3 is 19.5 Å². The molecule has 1 unspecified atom stereocenters. The van der Waals surface area contributed by atoms with Gasteiger partial charge in [0.05, 0.1) is 6.54 Å². The van der Waals surface area contributed by atoms with Crippen molar-refractivity contribution in [1.29, 1.82) is 0 Å². The second kappa shape index (κ2) is 10.3. The highest BCUT2D eigenvalue weighted by Crippen LogP contribution is 2.25. The van der Waals surface area contributed by atoms with Crippen LogP contribution in [0.2, 0.25) is 0 Å². The number of anilines is 2. The molecule has 2 heterocycles. The number of aromatic nitrogens is 2. The number of carbonyl (C=O) groups is 1. The van der Waals surface area contributed by atoms with Crippen molar-refractivity contribution in [3.05, 3.63) is 54.4 Å². The molecule has 168 valence electrons. The van der Waals surface area contributed by atoms with Crippen LogP contribution in [0.3, 0.4) is 0 Å². The summed E-state index contributed by atoms with van der Waals surface area (Å²) in [6, 6.07) is 15.8. The molecule has 1 fully saturated rings. The Balaban J connectivity index is 1.37. The van der Waals surface area contributed by atoms with Crippen LogP contribution in [0, 0.1) is 6.92 Å². The van der Waals surface area contributed by atoms with Gasteiger partial charge in [-0.15, -0.1) is 0 Å². The zero-order chi connectivity index (χ0) is 22.3. The molecule has 0 radical (unpaired) electrons. The fraction of sp³-hybridized carbons (Fsp3) is 0.400. The van der Waals surface area contributed by atoms with Gasteiger partial charge in [0.2, 0.25) is 17.6 Å². The van der Waals surface area contributed by atoms with E-state index >= 15 is 0 Å². The number of amides is 1. The highest BCUT2D eigenvalue weighted by Gasteiger charge is 2.19. The van der Waals surface area contributed by atoms with Gasteiger partial charge in [0.25, 0.3) is 0 Å². The van der Waals surface area contributed by atoms with E-state index in [9.17, 15) is 4.79 Å². The molecule has 1 atom stereocenters. The number of hydrogen-bond acceptors (Lipinski definition) is 6. The summed E-state index contributed by atoms with van der Waals surface area (Å²) < 4.78 is 11.4. The Morgan fingerprint density at radius 2 is 2.03 bits per heavy atom. The third kappa shape index (κ3) is 5.46. The molecular weight excluding hydrogens is 404 g/mol. The average Bonchev–Trinajstić information content (AvgIpc) is 3.25. The fourth-order valence-electron chi connectivity index (χ4n) is 3.91. The molecule has 2 aromatic carbocycles. The Bertz CT molecular complexity index is 1030. The van der Waals surface area contributed by atoms with Crippen molar-refractivity contribution in [2.75, 3.05) is 23.3 Å². The van der Waals surface area contributed by atoms with Crippen LogP contribution in [-0.2, 0) is 4.79 Å². The number of ether oxygens (including phenoxy) is 1. The van der Waals surface area contributed by atoms with Crippen LogP contribution in [0.25, 0.3) is 11.4 Å². The number of rotatable bonds is 9. The van der Waals surface area contributed by atoms with E-state index < -0.39 is 0 Å². The molecule has 0 spiro atoms. The van der Waals surface area contributed by atoms with Crippen molar-refractivity contribution >= 4 is 17.3 Å². The minimum atomic E-state index is 0.0191. The summed E-state index contributed by atoms with van der Waals surface area (Å²) in [6.07, 6.45) is 4.67. The second-order valence-corrected chi connectivity index (χ2v) is 8.12. The van der Waals surface area contributed by atoms with Gasteiger partial charge in [-0.2, -0.15) is 4.98 Å². The van der Waals surface area contributed by atoms with Crippen LogP contribution in [0.1, 0.15) is 44.9 Å². The molecule has 1 amide bonds. The van der Waals surface area contributed by atoms with Crippen LogP contribution >= 0.6 is 0 Å². The van der Waals surface area contributed by atoms with Gasteiger partial charge in [0, 0.05) is 36.8 Å². The van der Waals surface area contributed by atoms with Crippen LogP contribution in [0.15, 0.2) is 53.1 Å². The van der Waals surface area contributed by atoms with Gasteiger partial charge in [-0.3, -0.25) is 4.79 Å². The zero-order valence-corrected chi connectivity index (χ0v) is 18.7. The van der Waals surface area contributed by atoms with Crippen LogP contribution in [0.5, 0.6) is 5.75 Å². The van der Waals surface area contributed by atoms with Gasteiger partial charge in [-0.05, 0) is 55.7 Å². The first-order valence-electron chi connectivity index (χ1n) is 11.3. The Labute approximate surface area is 188 Å². The number of nitrogens with one attached hydrogen (secondary N) is 1. The summed E-state index contributed by atoms with van der Waals surface area (Å²) in [4.78, 5) is 18.3. The van der Waals surface area contributed by atoms with E-state index in [1.807, 2.05) is 53.4 Å². The Morgan fingerprint density at radius 1 is 1.19 bits per heavy atom. The number of benzene rings is 2. The number of hydrogen-bond donors (Lipinski definition) is 1. The van der Waals surface area contributed by atoms with E-state index in [1.165, 1.54) is 0 Å². The van der Waals surface area contributed by atoms with Crippen LogP contribution < -0.4 is 15.0 Å². The second-order valence-electron chi connectivity index (χ2n) is 8.12. The minimum absolute atomic E-state index is 0.0191. The van der Waals surface area contributed by atoms with Gasteiger partial charge in [-0.25, -0.2) is 0 Å². The SMILES string of the molecule is CCCC(CNc1ccc(N2CCCCC2=O)cc1)Oc1cccc(-c2noc(C)n2)c1. The van der Waals surface area contributed by atoms with Crippen molar-refractivity contribution in [2.45, 2.75) is 52.1 Å². The molecule has 32 heavy (non-hydrogen) atoms. The third-order valence-corrected chi connectivity index (χ3v) is 5.57. The number of aryl methyl sites for hydroxylation is 1. The quantitative estimate of drug-likeness (QED) is 0.497. The molecule has 1 aliphatic heterocycles. The van der Waals surface area contributed by atoms with E-state index in [0.717, 1.165) is 54.9 Å². The molecule has 1 N–H and O–H groups in total. The van der Waals surface area contributed by atoms with Crippen molar-refractivity contribution in [1.82, 2.24) is 10.1 Å². The topological polar surface area (TPSA) is 80.5 Å².